The molecule has 1 aliphatic rings. The number of rotatable bonds is 4. The highest BCUT2D eigenvalue weighted by atomic mass is 16.2. The first-order valence-corrected chi connectivity index (χ1v) is 6.73. The van der Waals surface area contributed by atoms with Crippen LogP contribution < -0.4 is 10.6 Å². The molecule has 7 nitrogen and oxygen atoms in total. The van der Waals surface area contributed by atoms with Crippen molar-refractivity contribution in [1.82, 2.24) is 20.1 Å². The lowest BCUT2D eigenvalue weighted by Crippen LogP contribution is -2.27. The van der Waals surface area contributed by atoms with Gasteiger partial charge in [0.2, 0.25) is 5.91 Å². The number of amides is 1. The van der Waals surface area contributed by atoms with Crippen LogP contribution in [-0.4, -0.2) is 27.2 Å². The smallest absolute Gasteiger partial charge is 0.252 e. The zero-order valence-corrected chi connectivity index (χ0v) is 11.5. The molecule has 7 heteroatoms. The van der Waals surface area contributed by atoms with E-state index in [1.54, 1.807) is 0 Å². The maximum absolute atomic E-state index is 12.0. The predicted molar refractivity (Wildman–Crippen MR) is 75.7 cm³/mol. The summed E-state index contributed by atoms with van der Waals surface area (Å²) in [7, 11) is 0. The quantitative estimate of drug-likeness (QED) is 0.876. The number of nitriles is 1. The molecule has 1 unspecified atom stereocenters. The van der Waals surface area contributed by atoms with Gasteiger partial charge in [0.15, 0.2) is 0 Å². The molecule has 3 rings (SSSR count). The summed E-state index contributed by atoms with van der Waals surface area (Å²) in [5.41, 5.74) is 2.44. The minimum Gasteiger partial charge on any atom is -0.324 e. The van der Waals surface area contributed by atoms with E-state index in [0.717, 1.165) is 29.9 Å². The Bertz CT molecular complexity index is 729. The zero-order chi connectivity index (χ0) is 14.8. The number of fused-ring (bicyclic) bond motifs is 1. The minimum absolute atomic E-state index is 0.0492. The molecule has 1 aromatic carbocycles. The highest BCUT2D eigenvalue weighted by Gasteiger charge is 2.30. The van der Waals surface area contributed by atoms with E-state index >= 15 is 0 Å². The molecular formula is C14H14N6O. The van der Waals surface area contributed by atoms with Gasteiger partial charge >= 0.3 is 0 Å². The molecule has 0 saturated carbocycles. The van der Waals surface area contributed by atoms with Crippen LogP contribution in [0.4, 0.5) is 5.69 Å². The van der Waals surface area contributed by atoms with Crippen LogP contribution in [0.25, 0.3) is 5.69 Å². The summed E-state index contributed by atoms with van der Waals surface area (Å²) in [6.07, 6.45) is 2.44. The van der Waals surface area contributed by atoms with Crippen molar-refractivity contribution in [3.63, 3.8) is 0 Å². The van der Waals surface area contributed by atoms with Crippen molar-refractivity contribution >= 4 is 11.6 Å². The lowest BCUT2D eigenvalue weighted by molar-refractivity contribution is -0.117. The van der Waals surface area contributed by atoms with E-state index in [1.165, 1.54) is 11.0 Å². The maximum atomic E-state index is 12.0. The molecule has 2 aromatic rings. The molecule has 0 radical (unpaired) electrons. The van der Waals surface area contributed by atoms with E-state index in [-0.39, 0.29) is 17.8 Å². The second-order valence-electron chi connectivity index (χ2n) is 4.77. The van der Waals surface area contributed by atoms with Crippen LogP contribution in [0.1, 0.15) is 30.8 Å². The maximum Gasteiger partial charge on any atom is 0.252 e. The van der Waals surface area contributed by atoms with Gasteiger partial charge in [0, 0.05) is 11.3 Å². The average Bonchev–Trinajstić information content (AvgIpc) is 3.08. The Balaban J connectivity index is 1.91. The number of hydrogen-bond donors (Lipinski definition) is 2. The normalized spacial score (nSPS) is 16.4. The summed E-state index contributed by atoms with van der Waals surface area (Å²) in [6.45, 7) is 2.84. The van der Waals surface area contributed by atoms with E-state index in [4.69, 9.17) is 5.26 Å². The molecule has 1 amide bonds. The third-order valence-corrected chi connectivity index (χ3v) is 3.32. The van der Waals surface area contributed by atoms with Gasteiger partial charge in [-0.15, -0.1) is 5.10 Å². The Morgan fingerprint density at radius 3 is 3.10 bits per heavy atom. The third-order valence-electron chi connectivity index (χ3n) is 3.32. The lowest BCUT2D eigenvalue weighted by Gasteiger charge is -2.10. The molecule has 2 heterocycles. The third kappa shape index (κ3) is 2.37. The minimum atomic E-state index is -0.306. The molecule has 2 N–H and O–H groups in total. The monoisotopic (exact) mass is 282 g/mol. The summed E-state index contributed by atoms with van der Waals surface area (Å²) in [4.78, 5) is 15.8. The van der Waals surface area contributed by atoms with Crippen molar-refractivity contribution in [2.75, 3.05) is 11.9 Å². The number of hydrogen-bond acceptors (Lipinski definition) is 5. The van der Waals surface area contributed by atoms with Crippen LogP contribution in [0.2, 0.25) is 0 Å². The number of nitrogens with zero attached hydrogens (tertiary/aromatic N) is 4. The standard InChI is InChI=1S/C14H14N6O/c1-2-5-16-13-10-4-3-9(6-11(10)18-14(13)21)20-8-17-12(7-15)19-20/h3-4,6,8,13,16H,2,5H2,1H3,(H,18,21). The summed E-state index contributed by atoms with van der Waals surface area (Å²) < 4.78 is 1.51. The van der Waals surface area contributed by atoms with E-state index < -0.39 is 0 Å². The van der Waals surface area contributed by atoms with Gasteiger partial charge < -0.3 is 10.6 Å². The van der Waals surface area contributed by atoms with Crippen LogP contribution in [0, 0.1) is 11.3 Å². The summed E-state index contributed by atoms with van der Waals surface area (Å²) in [6, 6.07) is 7.16. The Morgan fingerprint density at radius 1 is 1.52 bits per heavy atom. The predicted octanol–water partition coefficient (Wildman–Crippen LogP) is 1.13. The fourth-order valence-corrected chi connectivity index (χ4v) is 2.32. The van der Waals surface area contributed by atoms with Crippen LogP contribution in [0.3, 0.4) is 0 Å². The fraction of sp³-hybridized carbons (Fsp3) is 0.286. The Labute approximate surface area is 121 Å². The van der Waals surface area contributed by atoms with Crippen molar-refractivity contribution in [2.45, 2.75) is 19.4 Å². The van der Waals surface area contributed by atoms with Crippen LogP contribution >= 0.6 is 0 Å². The van der Waals surface area contributed by atoms with Gasteiger partial charge in [0.05, 0.1) is 5.69 Å². The van der Waals surface area contributed by atoms with Crippen LogP contribution in [-0.2, 0) is 4.79 Å². The topological polar surface area (TPSA) is 95.6 Å². The number of nitrogens with one attached hydrogen (secondary N) is 2. The van der Waals surface area contributed by atoms with Gasteiger partial charge in [-0.3, -0.25) is 4.79 Å². The van der Waals surface area contributed by atoms with E-state index in [9.17, 15) is 4.79 Å². The van der Waals surface area contributed by atoms with Gasteiger partial charge in [0.1, 0.15) is 18.4 Å². The molecule has 1 atom stereocenters. The number of carbonyl (C=O) groups is 1. The first kappa shape index (κ1) is 13.3. The van der Waals surface area contributed by atoms with Crippen molar-refractivity contribution in [2.24, 2.45) is 0 Å². The largest absolute Gasteiger partial charge is 0.324 e. The van der Waals surface area contributed by atoms with Gasteiger partial charge in [-0.1, -0.05) is 13.0 Å². The first-order chi connectivity index (χ1) is 10.2. The second kappa shape index (κ2) is 5.34. The SMILES string of the molecule is CCCNC1C(=O)Nc2cc(-n3cnc(C#N)n3)ccc21. The lowest BCUT2D eigenvalue weighted by atomic mass is 10.1. The van der Waals surface area contributed by atoms with E-state index in [2.05, 4.69) is 27.6 Å². The van der Waals surface area contributed by atoms with Gasteiger partial charge in [0.25, 0.3) is 5.82 Å². The summed E-state index contributed by atoms with van der Waals surface area (Å²) in [5, 5.41) is 18.9. The molecule has 21 heavy (non-hydrogen) atoms. The molecule has 1 aromatic heterocycles. The highest BCUT2D eigenvalue weighted by Crippen LogP contribution is 2.32. The van der Waals surface area contributed by atoms with Gasteiger partial charge in [-0.2, -0.15) is 5.26 Å². The van der Waals surface area contributed by atoms with Crippen molar-refractivity contribution in [1.29, 1.82) is 5.26 Å². The fourth-order valence-electron chi connectivity index (χ4n) is 2.32. The van der Waals surface area contributed by atoms with Crippen LogP contribution in [0.15, 0.2) is 24.5 Å². The second-order valence-corrected chi connectivity index (χ2v) is 4.77. The highest BCUT2D eigenvalue weighted by molar-refractivity contribution is 6.02. The Kier molecular flexibility index (Phi) is 3.38. The molecule has 0 spiro atoms. The molecule has 0 bridgehead atoms. The van der Waals surface area contributed by atoms with Crippen molar-refractivity contribution < 1.29 is 4.79 Å². The molecule has 1 aliphatic heterocycles. The number of anilines is 1. The van der Waals surface area contributed by atoms with Gasteiger partial charge in [-0.05, 0) is 25.1 Å². The van der Waals surface area contributed by atoms with Gasteiger partial charge in [-0.25, -0.2) is 9.67 Å². The summed E-state index contributed by atoms with van der Waals surface area (Å²) >= 11 is 0. The molecular weight excluding hydrogens is 268 g/mol. The van der Waals surface area contributed by atoms with Crippen LogP contribution in [0.5, 0.6) is 0 Å². The first-order valence-electron chi connectivity index (χ1n) is 6.73. The van der Waals surface area contributed by atoms with E-state index in [1.807, 2.05) is 24.3 Å². The van der Waals surface area contributed by atoms with Crippen molar-refractivity contribution in [3.8, 4) is 11.8 Å². The van der Waals surface area contributed by atoms with Crippen molar-refractivity contribution in [3.05, 3.63) is 35.9 Å². The molecule has 0 aliphatic carbocycles. The summed E-state index contributed by atoms with van der Waals surface area (Å²) in [5.74, 6) is 0.0638. The Morgan fingerprint density at radius 2 is 2.38 bits per heavy atom. The number of carbonyl (C=O) groups excluding carboxylic acids is 1. The molecule has 106 valence electrons. The Hall–Kier alpha value is -2.72. The average molecular weight is 282 g/mol. The number of aromatic nitrogens is 3. The zero-order valence-electron chi connectivity index (χ0n) is 11.5. The molecule has 0 saturated heterocycles. The number of benzene rings is 1. The molecule has 0 fully saturated rings. The van der Waals surface area contributed by atoms with E-state index in [0.29, 0.717) is 0 Å².